The fourth-order valence-electron chi connectivity index (χ4n) is 7.50. The fraction of sp³-hybridized carbons (Fsp3) is 0.857. The normalized spacial score (nSPS) is 22.3. The molecule has 0 amide bonds. The Kier molecular flexibility index (Phi) is 37.7. The summed E-state index contributed by atoms with van der Waals surface area (Å²) in [4.78, 5) is 23.2. The van der Waals surface area contributed by atoms with Crippen molar-refractivity contribution in [2.45, 2.75) is 249 Å². The Morgan fingerprint density at radius 1 is 0.516 bits per heavy atom. The summed E-state index contributed by atoms with van der Waals surface area (Å²) in [5.74, 6) is -0.491. The van der Waals surface area contributed by atoms with Gasteiger partial charge in [-0.1, -0.05) is 166 Å². The topological polar surface area (TPSA) is 192 Å². The van der Waals surface area contributed by atoms with E-state index in [1.54, 1.807) is 0 Å². The van der Waals surface area contributed by atoms with E-state index in [1.807, 2.05) is 0 Å². The molecule has 364 valence electrons. The van der Waals surface area contributed by atoms with Crippen LogP contribution >= 0.6 is 7.82 Å². The van der Waals surface area contributed by atoms with E-state index in [0.717, 1.165) is 64.2 Å². The van der Waals surface area contributed by atoms with Crippen LogP contribution in [-0.4, -0.2) is 98.9 Å². The van der Waals surface area contributed by atoms with Gasteiger partial charge in [-0.25, -0.2) is 4.57 Å². The van der Waals surface area contributed by atoms with E-state index in [1.165, 1.54) is 116 Å². The van der Waals surface area contributed by atoms with Crippen LogP contribution in [0.3, 0.4) is 0 Å². The Morgan fingerprint density at radius 2 is 0.903 bits per heavy atom. The summed E-state index contributed by atoms with van der Waals surface area (Å²) < 4.78 is 34.2. The van der Waals surface area contributed by atoms with Gasteiger partial charge in [-0.05, 0) is 70.6 Å². The van der Waals surface area contributed by atoms with Crippen LogP contribution in [0.2, 0.25) is 0 Å². The maximum Gasteiger partial charge on any atom is 0.472 e. The number of hydrogen-bond donors (Lipinski definition) is 6. The molecule has 6 unspecified atom stereocenters. The van der Waals surface area contributed by atoms with Gasteiger partial charge in [0.1, 0.15) is 42.7 Å². The lowest BCUT2D eigenvalue weighted by Gasteiger charge is -2.41. The highest BCUT2D eigenvalue weighted by atomic mass is 31.2. The first kappa shape index (κ1) is 58.6. The molecule has 0 aliphatic heterocycles. The number of esters is 1. The highest BCUT2D eigenvalue weighted by Crippen LogP contribution is 2.47. The van der Waals surface area contributed by atoms with E-state index in [-0.39, 0.29) is 13.0 Å². The van der Waals surface area contributed by atoms with Crippen molar-refractivity contribution in [3.8, 4) is 0 Å². The Labute approximate surface area is 376 Å². The second-order valence-corrected chi connectivity index (χ2v) is 18.7. The predicted octanol–water partition coefficient (Wildman–Crippen LogP) is 10.6. The number of rotatable bonds is 42. The van der Waals surface area contributed by atoms with Gasteiger partial charge < -0.3 is 39.9 Å². The maximum absolute atomic E-state index is 12.8. The maximum atomic E-state index is 12.8. The summed E-state index contributed by atoms with van der Waals surface area (Å²) in [6, 6.07) is 0. The van der Waals surface area contributed by atoms with Crippen LogP contribution in [0.4, 0.5) is 0 Å². The minimum atomic E-state index is -5.02. The molecule has 0 spiro atoms. The average molecular weight is 903 g/mol. The molecule has 6 atom stereocenters. The summed E-state index contributed by atoms with van der Waals surface area (Å²) in [6.45, 7) is 4.23. The van der Waals surface area contributed by atoms with Crippen LogP contribution in [0.5, 0.6) is 0 Å². The number of aliphatic hydroxyl groups is 5. The van der Waals surface area contributed by atoms with E-state index in [0.29, 0.717) is 13.0 Å². The second kappa shape index (κ2) is 39.9. The number of ether oxygens (including phenoxy) is 2. The summed E-state index contributed by atoms with van der Waals surface area (Å²) in [7, 11) is -5.02. The molecular formula is C49H91O12P. The van der Waals surface area contributed by atoms with Gasteiger partial charge in [0.25, 0.3) is 0 Å². The van der Waals surface area contributed by atoms with Crippen molar-refractivity contribution in [3.63, 3.8) is 0 Å². The molecule has 12 nitrogen and oxygen atoms in total. The average Bonchev–Trinajstić information content (AvgIpc) is 3.26. The van der Waals surface area contributed by atoms with Crippen LogP contribution in [0, 0.1) is 0 Å². The number of phosphoric acid groups is 1. The summed E-state index contributed by atoms with van der Waals surface area (Å²) in [6.07, 6.45) is 34.9. The lowest BCUT2D eigenvalue weighted by molar-refractivity contribution is -0.220. The van der Waals surface area contributed by atoms with Gasteiger partial charge in [0.15, 0.2) is 0 Å². The molecule has 0 aromatic heterocycles. The van der Waals surface area contributed by atoms with Gasteiger partial charge in [0.05, 0.1) is 13.2 Å². The molecule has 0 aromatic carbocycles. The molecular weight excluding hydrogens is 812 g/mol. The van der Waals surface area contributed by atoms with E-state index in [2.05, 4.69) is 50.3 Å². The van der Waals surface area contributed by atoms with Gasteiger partial charge in [-0.3, -0.25) is 13.8 Å². The van der Waals surface area contributed by atoms with Crippen LogP contribution in [0.15, 0.2) is 36.5 Å². The minimum Gasteiger partial charge on any atom is -0.457 e. The van der Waals surface area contributed by atoms with Crippen molar-refractivity contribution >= 4 is 13.8 Å². The molecule has 1 aliphatic rings. The highest BCUT2D eigenvalue weighted by molar-refractivity contribution is 7.47. The molecule has 13 heteroatoms. The first-order valence-corrected chi connectivity index (χ1v) is 26.3. The van der Waals surface area contributed by atoms with Crippen molar-refractivity contribution in [2.75, 3.05) is 19.8 Å². The van der Waals surface area contributed by atoms with Crippen molar-refractivity contribution in [3.05, 3.63) is 36.5 Å². The van der Waals surface area contributed by atoms with Crippen LogP contribution in [0.25, 0.3) is 0 Å². The van der Waals surface area contributed by atoms with Gasteiger partial charge >= 0.3 is 13.8 Å². The Bertz CT molecular complexity index is 1170. The first-order chi connectivity index (χ1) is 30.0. The van der Waals surface area contributed by atoms with Gasteiger partial charge in [-0.15, -0.1) is 0 Å². The molecule has 0 heterocycles. The smallest absolute Gasteiger partial charge is 0.457 e. The Morgan fingerprint density at radius 3 is 1.39 bits per heavy atom. The molecule has 62 heavy (non-hydrogen) atoms. The number of phosphoric ester groups is 1. The summed E-state index contributed by atoms with van der Waals surface area (Å²) in [5.41, 5.74) is 0. The van der Waals surface area contributed by atoms with Crippen molar-refractivity contribution in [1.29, 1.82) is 0 Å². The second-order valence-electron chi connectivity index (χ2n) is 17.3. The SMILES string of the molecule is CCCCCC/C=C\C/C=C\CCCCCCCC(=O)OC(COCCCCCCCCCC/C=C\CCCCCCCCC)COP(=O)(O)OC1C(O)C(O)C(O)C(O)C1O. The predicted molar refractivity (Wildman–Crippen MR) is 249 cm³/mol. The third-order valence-corrected chi connectivity index (χ3v) is 12.5. The van der Waals surface area contributed by atoms with Crippen LogP contribution in [0.1, 0.15) is 206 Å². The zero-order valence-corrected chi connectivity index (χ0v) is 39.8. The van der Waals surface area contributed by atoms with Crippen LogP contribution in [-0.2, 0) is 27.9 Å². The molecule has 1 rings (SSSR count). The number of carbonyl (C=O) groups is 1. The van der Waals surface area contributed by atoms with Gasteiger partial charge in [0, 0.05) is 13.0 Å². The monoisotopic (exact) mass is 903 g/mol. The van der Waals surface area contributed by atoms with E-state index in [4.69, 9.17) is 18.5 Å². The molecule has 0 radical (unpaired) electrons. The lowest BCUT2D eigenvalue weighted by atomic mass is 9.85. The zero-order chi connectivity index (χ0) is 45.5. The molecule has 0 aromatic rings. The molecule has 0 saturated heterocycles. The Hall–Kier alpha value is -1.44. The van der Waals surface area contributed by atoms with E-state index >= 15 is 0 Å². The largest absolute Gasteiger partial charge is 0.472 e. The standard InChI is InChI=1S/C49H91O12P/c1-3-5-7-9-11-13-15-17-19-21-22-23-25-27-29-31-33-35-37-39-58-40-42(41-59-62(56,57)61-49-47(54)45(52)44(51)46(53)48(49)55)60-43(50)38-36-34-32-30-28-26-24-20-18-16-14-12-10-8-6-4-2/h14,16,19-21,24,42,44-49,51-55H,3-13,15,17-18,22-23,25-41H2,1-2H3,(H,56,57)/b16-14-,21-19-,24-20-. The summed E-state index contributed by atoms with van der Waals surface area (Å²) >= 11 is 0. The summed E-state index contributed by atoms with van der Waals surface area (Å²) in [5, 5.41) is 50.2. The van der Waals surface area contributed by atoms with E-state index < -0.39 is 63.1 Å². The molecule has 1 aliphatic carbocycles. The molecule has 0 bridgehead atoms. The number of aliphatic hydroxyl groups excluding tert-OH is 5. The van der Waals surface area contributed by atoms with Crippen molar-refractivity contribution in [2.24, 2.45) is 0 Å². The number of unbranched alkanes of at least 4 members (excludes halogenated alkanes) is 24. The number of carbonyl (C=O) groups excluding carboxylic acids is 1. The van der Waals surface area contributed by atoms with Crippen molar-refractivity contribution in [1.82, 2.24) is 0 Å². The molecule has 1 fully saturated rings. The highest BCUT2D eigenvalue weighted by Gasteiger charge is 2.51. The fourth-order valence-corrected chi connectivity index (χ4v) is 8.47. The number of allylic oxidation sites excluding steroid dienone is 6. The Balaban J connectivity index is 2.37. The third kappa shape index (κ3) is 31.4. The quantitative estimate of drug-likeness (QED) is 0.0147. The lowest BCUT2D eigenvalue weighted by Crippen LogP contribution is -2.64. The van der Waals surface area contributed by atoms with E-state index in [9.17, 15) is 39.8 Å². The minimum absolute atomic E-state index is 0.0835. The van der Waals surface area contributed by atoms with Crippen molar-refractivity contribution < 1.29 is 58.3 Å². The molecule has 6 N–H and O–H groups in total. The first-order valence-electron chi connectivity index (χ1n) is 24.8. The zero-order valence-electron chi connectivity index (χ0n) is 38.9. The van der Waals surface area contributed by atoms with Gasteiger partial charge in [0.2, 0.25) is 0 Å². The number of hydrogen-bond acceptors (Lipinski definition) is 11. The van der Waals surface area contributed by atoms with Crippen LogP contribution < -0.4 is 0 Å². The molecule has 1 saturated carbocycles. The van der Waals surface area contributed by atoms with Gasteiger partial charge in [-0.2, -0.15) is 0 Å². The third-order valence-electron chi connectivity index (χ3n) is 11.5.